The molecule has 2 aromatic rings. The van der Waals surface area contributed by atoms with E-state index in [4.69, 9.17) is 16.3 Å². The van der Waals surface area contributed by atoms with Crippen molar-refractivity contribution in [3.63, 3.8) is 0 Å². The number of hydrogen-bond donors (Lipinski definition) is 1. The van der Waals surface area contributed by atoms with Crippen molar-refractivity contribution in [2.75, 3.05) is 23.9 Å². The van der Waals surface area contributed by atoms with Crippen molar-refractivity contribution in [3.05, 3.63) is 53.6 Å². The van der Waals surface area contributed by atoms with Gasteiger partial charge in [-0.1, -0.05) is 29.8 Å². The molecule has 5 nitrogen and oxygen atoms in total. The largest absolute Gasteiger partial charge is 0.495 e. The SMILES string of the molecule is COc1ccc(Cl)cc1NC(=O)C1CC(=O)N(c2ccccc2)C1. The van der Waals surface area contributed by atoms with Gasteiger partial charge in [-0.3, -0.25) is 9.59 Å². The number of anilines is 2. The number of nitrogens with zero attached hydrogens (tertiary/aromatic N) is 1. The molecule has 0 saturated carbocycles. The van der Waals surface area contributed by atoms with E-state index in [1.807, 2.05) is 30.3 Å². The first-order valence-electron chi connectivity index (χ1n) is 7.58. The van der Waals surface area contributed by atoms with Crippen molar-refractivity contribution >= 4 is 34.8 Å². The topological polar surface area (TPSA) is 58.6 Å². The summed E-state index contributed by atoms with van der Waals surface area (Å²) in [4.78, 5) is 26.4. The van der Waals surface area contributed by atoms with Crippen LogP contribution in [0.25, 0.3) is 0 Å². The van der Waals surface area contributed by atoms with Gasteiger partial charge >= 0.3 is 0 Å². The molecule has 0 aliphatic carbocycles. The Labute approximate surface area is 145 Å². The van der Waals surface area contributed by atoms with Gasteiger partial charge < -0.3 is 15.0 Å². The maximum Gasteiger partial charge on any atom is 0.229 e. The number of para-hydroxylation sites is 1. The zero-order chi connectivity index (χ0) is 17.1. The van der Waals surface area contributed by atoms with Crippen LogP contribution in [-0.4, -0.2) is 25.5 Å². The molecule has 0 bridgehead atoms. The molecule has 0 aromatic heterocycles. The number of carbonyl (C=O) groups excluding carboxylic acids is 2. The van der Waals surface area contributed by atoms with Crippen LogP contribution in [0.15, 0.2) is 48.5 Å². The van der Waals surface area contributed by atoms with E-state index in [-0.39, 0.29) is 18.2 Å². The van der Waals surface area contributed by atoms with Crippen molar-refractivity contribution in [3.8, 4) is 5.75 Å². The van der Waals surface area contributed by atoms with Crippen LogP contribution in [0.5, 0.6) is 5.75 Å². The second-order valence-corrected chi connectivity index (χ2v) is 6.01. The van der Waals surface area contributed by atoms with E-state index >= 15 is 0 Å². The van der Waals surface area contributed by atoms with Crippen LogP contribution in [-0.2, 0) is 9.59 Å². The predicted molar refractivity (Wildman–Crippen MR) is 93.5 cm³/mol. The summed E-state index contributed by atoms with van der Waals surface area (Å²) in [5.74, 6) is -0.167. The summed E-state index contributed by atoms with van der Waals surface area (Å²) in [7, 11) is 1.52. The van der Waals surface area contributed by atoms with Crippen LogP contribution in [0.4, 0.5) is 11.4 Å². The fraction of sp³-hybridized carbons (Fsp3) is 0.222. The highest BCUT2D eigenvalue weighted by Crippen LogP contribution is 2.30. The third-order valence-corrected chi connectivity index (χ3v) is 4.22. The van der Waals surface area contributed by atoms with Crippen LogP contribution in [0, 0.1) is 5.92 Å². The second-order valence-electron chi connectivity index (χ2n) is 5.57. The fourth-order valence-electron chi connectivity index (χ4n) is 2.75. The van der Waals surface area contributed by atoms with Crippen LogP contribution in [0.3, 0.4) is 0 Å². The smallest absolute Gasteiger partial charge is 0.229 e. The molecule has 1 atom stereocenters. The molecule has 1 N–H and O–H groups in total. The minimum Gasteiger partial charge on any atom is -0.495 e. The molecule has 1 saturated heterocycles. The second kappa shape index (κ2) is 6.93. The average Bonchev–Trinajstić information content (AvgIpc) is 2.98. The van der Waals surface area contributed by atoms with Gasteiger partial charge in [0.25, 0.3) is 0 Å². The molecular formula is C18H17ClN2O3. The Morgan fingerprint density at radius 1 is 1.25 bits per heavy atom. The van der Waals surface area contributed by atoms with Crippen molar-refractivity contribution in [1.82, 2.24) is 0 Å². The molecule has 1 aliphatic heterocycles. The normalized spacial score (nSPS) is 17.0. The van der Waals surface area contributed by atoms with E-state index < -0.39 is 5.92 Å². The number of methoxy groups -OCH3 is 1. The van der Waals surface area contributed by atoms with Gasteiger partial charge in [-0.25, -0.2) is 0 Å². The van der Waals surface area contributed by atoms with E-state index in [0.717, 1.165) is 5.69 Å². The molecule has 0 spiro atoms. The number of ether oxygens (including phenoxy) is 1. The minimum atomic E-state index is -0.415. The lowest BCUT2D eigenvalue weighted by molar-refractivity contribution is -0.122. The average molecular weight is 345 g/mol. The molecule has 24 heavy (non-hydrogen) atoms. The molecule has 3 rings (SSSR count). The first-order chi connectivity index (χ1) is 11.6. The zero-order valence-electron chi connectivity index (χ0n) is 13.2. The van der Waals surface area contributed by atoms with Crippen LogP contribution in [0.2, 0.25) is 5.02 Å². The third-order valence-electron chi connectivity index (χ3n) is 3.98. The molecule has 1 fully saturated rings. The first-order valence-corrected chi connectivity index (χ1v) is 7.96. The maximum absolute atomic E-state index is 12.5. The highest BCUT2D eigenvalue weighted by molar-refractivity contribution is 6.31. The summed E-state index contributed by atoms with van der Waals surface area (Å²) in [6.45, 7) is 0.359. The summed E-state index contributed by atoms with van der Waals surface area (Å²) >= 11 is 5.97. The number of amides is 2. The van der Waals surface area contributed by atoms with E-state index in [9.17, 15) is 9.59 Å². The van der Waals surface area contributed by atoms with Crippen molar-refractivity contribution in [2.45, 2.75) is 6.42 Å². The monoisotopic (exact) mass is 344 g/mol. The third kappa shape index (κ3) is 3.36. The number of benzene rings is 2. The number of rotatable bonds is 4. The summed E-state index contributed by atoms with van der Waals surface area (Å²) in [6.07, 6.45) is 0.184. The van der Waals surface area contributed by atoms with E-state index in [0.29, 0.717) is 23.0 Å². The van der Waals surface area contributed by atoms with Crippen molar-refractivity contribution in [1.29, 1.82) is 0 Å². The van der Waals surface area contributed by atoms with Crippen LogP contribution >= 0.6 is 11.6 Å². The summed E-state index contributed by atoms with van der Waals surface area (Å²) in [5.41, 5.74) is 1.30. The van der Waals surface area contributed by atoms with Gasteiger partial charge in [-0.15, -0.1) is 0 Å². The first kappa shape index (κ1) is 16.3. The molecule has 2 amide bonds. The van der Waals surface area contributed by atoms with Gasteiger partial charge in [-0.05, 0) is 30.3 Å². The van der Waals surface area contributed by atoms with Crippen molar-refractivity contribution < 1.29 is 14.3 Å². The molecule has 124 valence electrons. The van der Waals surface area contributed by atoms with Crippen LogP contribution in [0.1, 0.15) is 6.42 Å². The Hall–Kier alpha value is -2.53. The van der Waals surface area contributed by atoms with Gasteiger partial charge in [0.1, 0.15) is 5.75 Å². The Kier molecular flexibility index (Phi) is 4.71. The van der Waals surface area contributed by atoms with Gasteiger partial charge in [-0.2, -0.15) is 0 Å². The Bertz CT molecular complexity index is 764. The fourth-order valence-corrected chi connectivity index (χ4v) is 2.93. The summed E-state index contributed by atoms with van der Waals surface area (Å²) < 4.78 is 5.22. The van der Waals surface area contributed by atoms with E-state index in [1.54, 1.807) is 23.1 Å². The highest BCUT2D eigenvalue weighted by atomic mass is 35.5. The molecule has 1 heterocycles. The predicted octanol–water partition coefficient (Wildman–Crippen LogP) is 3.34. The van der Waals surface area contributed by atoms with Gasteiger partial charge in [0.05, 0.1) is 18.7 Å². The summed E-state index contributed by atoms with van der Waals surface area (Å²) in [5, 5.41) is 3.31. The molecule has 2 aromatic carbocycles. The van der Waals surface area contributed by atoms with Gasteiger partial charge in [0.15, 0.2) is 0 Å². The molecule has 1 aliphatic rings. The van der Waals surface area contributed by atoms with Crippen molar-refractivity contribution in [2.24, 2.45) is 5.92 Å². The minimum absolute atomic E-state index is 0.0561. The maximum atomic E-state index is 12.5. The number of hydrogen-bond acceptors (Lipinski definition) is 3. The molecule has 1 unspecified atom stereocenters. The Morgan fingerprint density at radius 2 is 2.00 bits per heavy atom. The lowest BCUT2D eigenvalue weighted by Crippen LogP contribution is -2.28. The Balaban J connectivity index is 1.73. The lowest BCUT2D eigenvalue weighted by Gasteiger charge is -2.17. The highest BCUT2D eigenvalue weighted by Gasteiger charge is 2.35. The zero-order valence-corrected chi connectivity index (χ0v) is 13.9. The Morgan fingerprint density at radius 3 is 2.71 bits per heavy atom. The molecule has 6 heteroatoms. The number of nitrogens with one attached hydrogen (secondary N) is 1. The molecular weight excluding hydrogens is 328 g/mol. The molecule has 0 radical (unpaired) electrons. The van der Waals surface area contributed by atoms with E-state index in [1.165, 1.54) is 7.11 Å². The standard InChI is InChI=1S/C18H17ClN2O3/c1-24-16-8-7-13(19)10-15(16)20-18(23)12-9-17(22)21(11-12)14-5-3-2-4-6-14/h2-8,10,12H,9,11H2,1H3,(H,20,23). The lowest BCUT2D eigenvalue weighted by atomic mass is 10.1. The van der Waals surface area contributed by atoms with Gasteiger partial charge in [0, 0.05) is 23.7 Å². The number of carbonyl (C=O) groups is 2. The van der Waals surface area contributed by atoms with Gasteiger partial charge in [0.2, 0.25) is 11.8 Å². The van der Waals surface area contributed by atoms with Crippen LogP contribution < -0.4 is 15.0 Å². The van der Waals surface area contributed by atoms with E-state index in [2.05, 4.69) is 5.32 Å². The quantitative estimate of drug-likeness (QED) is 0.925. The summed E-state index contributed by atoms with van der Waals surface area (Å²) in [6, 6.07) is 14.3. The number of halogens is 1.